The Hall–Kier alpha value is -3.21. The van der Waals surface area contributed by atoms with Crippen LogP contribution < -0.4 is 11.1 Å². The van der Waals surface area contributed by atoms with Crippen LogP contribution in [0.1, 0.15) is 0 Å². The van der Waals surface area contributed by atoms with Crippen molar-refractivity contribution in [1.29, 1.82) is 0 Å². The molecule has 0 radical (unpaired) electrons. The molecule has 1 N–H and O–H groups in total. The van der Waals surface area contributed by atoms with E-state index in [1.54, 1.807) is 23.6 Å². The lowest BCUT2D eigenvalue weighted by Gasteiger charge is -2.03. The number of hydrogen-bond donors (Lipinski definition) is 1. The van der Waals surface area contributed by atoms with Crippen LogP contribution in [0, 0.1) is 10.1 Å². The summed E-state index contributed by atoms with van der Waals surface area (Å²) in [6.07, 6.45) is 0. The van der Waals surface area contributed by atoms with Crippen LogP contribution in [0.2, 0.25) is 10.0 Å². The molecule has 0 fully saturated rings. The van der Waals surface area contributed by atoms with E-state index in [0.29, 0.717) is 26.4 Å². The quantitative estimate of drug-likeness (QED) is 0.341. The van der Waals surface area contributed by atoms with Gasteiger partial charge in [0.25, 0.3) is 5.69 Å². The molecular formula is C18H10Cl2N4O5S. The third-order valence-corrected chi connectivity index (χ3v) is 5.44. The highest BCUT2D eigenvalue weighted by Crippen LogP contribution is 2.32. The maximum Gasteiger partial charge on any atom is 0.420 e. The summed E-state index contributed by atoms with van der Waals surface area (Å²) in [5.74, 6) is -1.32. The summed E-state index contributed by atoms with van der Waals surface area (Å²) >= 11 is 13.4. The van der Waals surface area contributed by atoms with Gasteiger partial charge in [0.1, 0.15) is 6.54 Å². The number of anilines is 1. The van der Waals surface area contributed by atoms with E-state index < -0.39 is 16.6 Å². The third kappa shape index (κ3) is 3.92. The van der Waals surface area contributed by atoms with Gasteiger partial charge < -0.3 is 9.73 Å². The predicted molar refractivity (Wildman–Crippen MR) is 113 cm³/mol. The molecule has 1 amide bonds. The highest BCUT2D eigenvalue weighted by Gasteiger charge is 2.17. The van der Waals surface area contributed by atoms with Crippen LogP contribution in [0.3, 0.4) is 0 Å². The number of fused-ring (bicyclic) bond motifs is 1. The van der Waals surface area contributed by atoms with Crippen LogP contribution in [0.15, 0.2) is 51.0 Å². The van der Waals surface area contributed by atoms with E-state index in [4.69, 9.17) is 27.6 Å². The first-order valence-corrected chi connectivity index (χ1v) is 9.94. The molecule has 0 bridgehead atoms. The Balaban J connectivity index is 1.54. The Morgan fingerprint density at radius 2 is 2.07 bits per heavy atom. The summed E-state index contributed by atoms with van der Waals surface area (Å²) in [5.41, 5.74) is 1.24. The summed E-state index contributed by atoms with van der Waals surface area (Å²) < 4.78 is 6.09. The largest absolute Gasteiger partial charge is 0.420 e. The third-order valence-electron chi connectivity index (χ3n) is 4.12. The zero-order valence-corrected chi connectivity index (χ0v) is 17.1. The first kappa shape index (κ1) is 20.1. The monoisotopic (exact) mass is 464 g/mol. The molecule has 0 saturated heterocycles. The molecule has 30 heavy (non-hydrogen) atoms. The highest BCUT2D eigenvalue weighted by molar-refractivity contribution is 7.14. The van der Waals surface area contributed by atoms with Crippen LogP contribution in [-0.4, -0.2) is 20.4 Å². The molecule has 0 aliphatic carbocycles. The van der Waals surface area contributed by atoms with Gasteiger partial charge in [-0.05, 0) is 24.3 Å². The van der Waals surface area contributed by atoms with Crippen molar-refractivity contribution in [1.82, 2.24) is 9.55 Å². The first-order valence-electron chi connectivity index (χ1n) is 8.30. The normalized spacial score (nSPS) is 11.0. The Morgan fingerprint density at radius 3 is 2.83 bits per heavy atom. The molecule has 4 aromatic rings. The maximum atomic E-state index is 12.4. The van der Waals surface area contributed by atoms with Crippen molar-refractivity contribution in [2.45, 2.75) is 6.54 Å². The average molecular weight is 465 g/mol. The molecule has 152 valence electrons. The average Bonchev–Trinajstić information content (AvgIpc) is 3.27. The summed E-state index contributed by atoms with van der Waals surface area (Å²) in [6.45, 7) is -0.351. The number of nitrogens with zero attached hydrogens (tertiary/aromatic N) is 3. The predicted octanol–water partition coefficient (Wildman–Crippen LogP) is 4.57. The van der Waals surface area contributed by atoms with E-state index >= 15 is 0 Å². The second-order valence-corrected chi connectivity index (χ2v) is 7.78. The topological polar surface area (TPSA) is 120 Å². The number of halogens is 2. The number of amides is 1. The number of non-ortho nitro benzene ring substituents is 1. The molecule has 0 unspecified atom stereocenters. The second-order valence-electron chi connectivity index (χ2n) is 6.07. The van der Waals surface area contributed by atoms with Gasteiger partial charge in [-0.3, -0.25) is 19.5 Å². The van der Waals surface area contributed by atoms with E-state index in [1.165, 1.54) is 23.5 Å². The van der Waals surface area contributed by atoms with Gasteiger partial charge in [-0.1, -0.05) is 23.2 Å². The first-order chi connectivity index (χ1) is 14.3. The zero-order chi connectivity index (χ0) is 21.4. The van der Waals surface area contributed by atoms with Crippen LogP contribution in [0.25, 0.3) is 22.4 Å². The second kappa shape index (κ2) is 7.90. The molecule has 2 heterocycles. The molecule has 0 aliphatic rings. The Bertz CT molecular complexity index is 1360. The SMILES string of the molecule is O=C(Cn1c(=O)oc2cc([N+](=O)[O-])ccc21)Nc1nc(-c2cc(Cl)ccc2Cl)cs1. The number of nitrogens with one attached hydrogen (secondary N) is 1. The fourth-order valence-corrected chi connectivity index (χ4v) is 3.88. The van der Waals surface area contributed by atoms with Crippen LogP contribution in [0.5, 0.6) is 0 Å². The number of carbonyl (C=O) groups is 1. The van der Waals surface area contributed by atoms with Crippen molar-refractivity contribution >= 4 is 62.4 Å². The number of nitro benzene ring substituents is 1. The zero-order valence-electron chi connectivity index (χ0n) is 14.8. The fraction of sp³-hybridized carbons (Fsp3) is 0.0556. The van der Waals surface area contributed by atoms with Crippen LogP contribution in [-0.2, 0) is 11.3 Å². The Labute approximate surface area is 181 Å². The van der Waals surface area contributed by atoms with E-state index in [9.17, 15) is 19.7 Å². The molecule has 0 aliphatic heterocycles. The minimum Gasteiger partial charge on any atom is -0.407 e. The number of benzene rings is 2. The van der Waals surface area contributed by atoms with Gasteiger partial charge in [-0.15, -0.1) is 11.3 Å². The van der Waals surface area contributed by atoms with Crippen molar-refractivity contribution in [3.63, 3.8) is 0 Å². The number of oxazole rings is 1. The number of carbonyl (C=O) groups excluding carboxylic acids is 1. The van der Waals surface area contributed by atoms with E-state index in [1.807, 2.05) is 0 Å². The van der Waals surface area contributed by atoms with Crippen molar-refractivity contribution in [3.8, 4) is 11.3 Å². The lowest BCUT2D eigenvalue weighted by molar-refractivity contribution is -0.384. The molecule has 0 spiro atoms. The van der Waals surface area contributed by atoms with Gasteiger partial charge in [0.05, 0.1) is 27.2 Å². The Kier molecular flexibility index (Phi) is 5.29. The molecule has 2 aromatic carbocycles. The van der Waals surface area contributed by atoms with Crippen molar-refractivity contribution in [3.05, 3.63) is 72.5 Å². The van der Waals surface area contributed by atoms with Crippen LogP contribution in [0.4, 0.5) is 10.8 Å². The standard InChI is InChI=1S/C18H10Cl2N4O5S/c19-9-1-3-12(20)11(5-9)13-8-30-17(21-13)22-16(25)7-23-14-4-2-10(24(27)28)6-15(14)29-18(23)26/h1-6,8H,7H2,(H,21,22,25). The number of rotatable bonds is 5. The minimum atomic E-state index is -0.800. The molecule has 0 atom stereocenters. The highest BCUT2D eigenvalue weighted by atomic mass is 35.5. The van der Waals surface area contributed by atoms with Gasteiger partial charge in [-0.25, -0.2) is 9.78 Å². The summed E-state index contributed by atoms with van der Waals surface area (Å²) in [5, 5.41) is 16.5. The lowest BCUT2D eigenvalue weighted by Crippen LogP contribution is -2.24. The van der Waals surface area contributed by atoms with Gasteiger partial charge in [0.15, 0.2) is 10.7 Å². The number of aromatic nitrogens is 2. The maximum absolute atomic E-state index is 12.4. The Morgan fingerprint density at radius 1 is 1.27 bits per heavy atom. The summed E-state index contributed by atoms with van der Waals surface area (Å²) in [6, 6.07) is 8.69. The summed E-state index contributed by atoms with van der Waals surface area (Å²) in [4.78, 5) is 39.1. The van der Waals surface area contributed by atoms with Gasteiger partial charge in [0, 0.05) is 22.0 Å². The molecule has 0 saturated carbocycles. The number of thiazole rings is 1. The molecule has 9 nitrogen and oxygen atoms in total. The minimum absolute atomic E-state index is 0.0223. The number of nitro groups is 1. The molecule has 12 heteroatoms. The van der Waals surface area contributed by atoms with E-state index in [2.05, 4.69) is 10.3 Å². The van der Waals surface area contributed by atoms with Gasteiger partial charge >= 0.3 is 5.76 Å². The van der Waals surface area contributed by atoms with E-state index in [-0.39, 0.29) is 23.3 Å². The van der Waals surface area contributed by atoms with E-state index in [0.717, 1.165) is 10.6 Å². The van der Waals surface area contributed by atoms with Gasteiger partial charge in [-0.2, -0.15) is 0 Å². The lowest BCUT2D eigenvalue weighted by atomic mass is 10.2. The molecule has 4 rings (SSSR count). The number of hydrogen-bond acceptors (Lipinski definition) is 7. The van der Waals surface area contributed by atoms with Crippen LogP contribution >= 0.6 is 34.5 Å². The summed E-state index contributed by atoms with van der Waals surface area (Å²) in [7, 11) is 0. The van der Waals surface area contributed by atoms with Crippen molar-refractivity contribution in [2.75, 3.05) is 5.32 Å². The molecular weight excluding hydrogens is 455 g/mol. The molecule has 2 aromatic heterocycles. The van der Waals surface area contributed by atoms with Crippen molar-refractivity contribution < 1.29 is 14.1 Å². The fourth-order valence-electron chi connectivity index (χ4n) is 2.77. The van der Waals surface area contributed by atoms with Gasteiger partial charge in [0.2, 0.25) is 5.91 Å². The smallest absolute Gasteiger partial charge is 0.407 e. The van der Waals surface area contributed by atoms with Crippen molar-refractivity contribution in [2.24, 2.45) is 0 Å².